The zero-order chi connectivity index (χ0) is 12.8. The van der Waals surface area contributed by atoms with Crippen molar-refractivity contribution in [3.05, 3.63) is 0 Å². The van der Waals surface area contributed by atoms with Gasteiger partial charge in [0, 0.05) is 11.6 Å². The van der Waals surface area contributed by atoms with Crippen molar-refractivity contribution in [2.45, 2.75) is 75.9 Å². The number of nitrogens with zero attached hydrogens (tertiary/aromatic N) is 1. The molecule has 1 atom stereocenters. The number of carbonyl (C=O) groups is 2. The Bertz CT molecular complexity index is 370. The molecule has 1 saturated heterocycles. The first-order chi connectivity index (χ1) is 8.59. The summed E-state index contributed by atoms with van der Waals surface area (Å²) in [4.78, 5) is 25.7. The predicted octanol–water partition coefficient (Wildman–Crippen LogP) is 1.59. The summed E-state index contributed by atoms with van der Waals surface area (Å²) in [6, 6.07) is -0.0443. The predicted molar refractivity (Wildman–Crippen MR) is 67.9 cm³/mol. The van der Waals surface area contributed by atoms with Crippen LogP contribution in [0.1, 0.15) is 58.3 Å². The molecular weight excluding hydrogens is 228 g/mol. The Hall–Kier alpha value is -0.900. The summed E-state index contributed by atoms with van der Waals surface area (Å²) in [5, 5.41) is 3.47. The van der Waals surface area contributed by atoms with Gasteiger partial charge in [0.25, 0.3) is 0 Å². The van der Waals surface area contributed by atoms with Crippen LogP contribution in [0.3, 0.4) is 0 Å². The molecule has 2 saturated carbocycles. The fraction of sp³-hybridized carbons (Fsp3) is 0.857. The molecule has 3 aliphatic rings. The zero-order valence-corrected chi connectivity index (χ0v) is 11.1. The van der Waals surface area contributed by atoms with Crippen molar-refractivity contribution < 1.29 is 9.59 Å². The fourth-order valence-electron chi connectivity index (χ4n) is 3.38. The molecule has 0 aromatic heterocycles. The highest BCUT2D eigenvalue weighted by Gasteiger charge is 2.47. The Balaban J connectivity index is 1.66. The van der Waals surface area contributed by atoms with E-state index < -0.39 is 0 Å². The summed E-state index contributed by atoms with van der Waals surface area (Å²) in [6.45, 7) is 2.20. The summed E-state index contributed by atoms with van der Waals surface area (Å²) in [5.74, 6) is 0.0497. The van der Waals surface area contributed by atoms with Gasteiger partial charge in [-0.05, 0) is 32.6 Å². The van der Waals surface area contributed by atoms with Gasteiger partial charge in [0.05, 0.1) is 12.5 Å². The van der Waals surface area contributed by atoms with E-state index in [0.717, 1.165) is 25.7 Å². The monoisotopic (exact) mass is 250 g/mol. The molecule has 18 heavy (non-hydrogen) atoms. The van der Waals surface area contributed by atoms with Crippen LogP contribution < -0.4 is 5.32 Å². The summed E-state index contributed by atoms with van der Waals surface area (Å²) in [6.07, 6.45) is 8.36. The number of amides is 2. The number of nitrogens with one attached hydrogen (secondary N) is 1. The first-order valence-corrected chi connectivity index (χ1v) is 7.23. The average Bonchev–Trinajstić information content (AvgIpc) is 3.09. The largest absolute Gasteiger partial charge is 0.300 e. The molecule has 4 nitrogen and oxygen atoms in total. The van der Waals surface area contributed by atoms with Gasteiger partial charge in [-0.25, -0.2) is 0 Å². The lowest BCUT2D eigenvalue weighted by Gasteiger charge is -2.36. The molecule has 1 aliphatic heterocycles. The Kier molecular flexibility index (Phi) is 2.93. The Labute approximate surface area is 108 Å². The van der Waals surface area contributed by atoms with E-state index >= 15 is 0 Å². The average molecular weight is 250 g/mol. The van der Waals surface area contributed by atoms with Crippen LogP contribution in [0.4, 0.5) is 0 Å². The second-order valence-corrected chi connectivity index (χ2v) is 6.36. The molecule has 3 fully saturated rings. The van der Waals surface area contributed by atoms with Crippen LogP contribution in [0.5, 0.6) is 0 Å². The van der Waals surface area contributed by atoms with E-state index in [2.05, 4.69) is 12.2 Å². The van der Waals surface area contributed by atoms with Crippen LogP contribution in [-0.4, -0.2) is 34.3 Å². The van der Waals surface area contributed by atoms with Gasteiger partial charge in [0.1, 0.15) is 0 Å². The standard InChI is InChI=1S/C14H22N2O2/c1-14(7-3-2-4-8-14)15-11-9-12(17)16(13(11)18)10-5-6-10/h10-11,15H,2-9H2,1H3. The molecule has 0 radical (unpaired) electrons. The number of likely N-dealkylation sites (tertiary alicyclic amines) is 1. The summed E-state index contributed by atoms with van der Waals surface area (Å²) in [7, 11) is 0. The summed E-state index contributed by atoms with van der Waals surface area (Å²) >= 11 is 0. The number of rotatable bonds is 3. The topological polar surface area (TPSA) is 49.4 Å². The normalized spacial score (nSPS) is 32.1. The molecule has 2 aliphatic carbocycles. The molecule has 1 heterocycles. The van der Waals surface area contributed by atoms with E-state index in [9.17, 15) is 9.59 Å². The van der Waals surface area contributed by atoms with Gasteiger partial charge in [0.15, 0.2) is 0 Å². The third kappa shape index (κ3) is 2.18. The maximum Gasteiger partial charge on any atom is 0.247 e. The maximum atomic E-state index is 12.3. The van der Waals surface area contributed by atoms with Gasteiger partial charge in [0.2, 0.25) is 11.8 Å². The van der Waals surface area contributed by atoms with Crippen LogP contribution >= 0.6 is 0 Å². The molecule has 0 aromatic carbocycles. The van der Waals surface area contributed by atoms with Gasteiger partial charge < -0.3 is 5.32 Å². The molecule has 1 N–H and O–H groups in total. The quantitative estimate of drug-likeness (QED) is 0.774. The molecular formula is C14H22N2O2. The lowest BCUT2D eigenvalue weighted by atomic mass is 9.82. The van der Waals surface area contributed by atoms with Crippen LogP contribution in [0, 0.1) is 0 Å². The first-order valence-electron chi connectivity index (χ1n) is 7.23. The lowest BCUT2D eigenvalue weighted by molar-refractivity contribution is -0.139. The molecule has 2 amide bonds. The Morgan fingerprint density at radius 2 is 1.83 bits per heavy atom. The highest BCUT2D eigenvalue weighted by Crippen LogP contribution is 2.33. The molecule has 4 heteroatoms. The first kappa shape index (κ1) is 12.2. The van der Waals surface area contributed by atoms with Crippen molar-refractivity contribution in [1.29, 1.82) is 0 Å². The summed E-state index contributed by atoms with van der Waals surface area (Å²) in [5.41, 5.74) is 0.0540. The van der Waals surface area contributed by atoms with E-state index in [1.807, 2.05) is 0 Å². The summed E-state index contributed by atoms with van der Waals surface area (Å²) < 4.78 is 0. The number of hydrogen-bond acceptors (Lipinski definition) is 3. The minimum absolute atomic E-state index is 0.0225. The third-order valence-electron chi connectivity index (χ3n) is 4.57. The molecule has 3 rings (SSSR count). The number of imide groups is 1. The Morgan fingerprint density at radius 3 is 2.44 bits per heavy atom. The van der Waals surface area contributed by atoms with Crippen LogP contribution in [-0.2, 0) is 9.59 Å². The van der Waals surface area contributed by atoms with E-state index in [0.29, 0.717) is 6.42 Å². The smallest absolute Gasteiger partial charge is 0.247 e. The van der Waals surface area contributed by atoms with Crippen molar-refractivity contribution >= 4 is 11.8 Å². The van der Waals surface area contributed by atoms with Gasteiger partial charge in [-0.3, -0.25) is 14.5 Å². The highest BCUT2D eigenvalue weighted by molar-refractivity contribution is 6.06. The second-order valence-electron chi connectivity index (χ2n) is 6.36. The van der Waals surface area contributed by atoms with Crippen LogP contribution in [0.15, 0.2) is 0 Å². The molecule has 0 bridgehead atoms. The van der Waals surface area contributed by atoms with E-state index in [-0.39, 0.29) is 29.4 Å². The van der Waals surface area contributed by atoms with Gasteiger partial charge in [-0.1, -0.05) is 19.3 Å². The minimum Gasteiger partial charge on any atom is -0.300 e. The van der Waals surface area contributed by atoms with Gasteiger partial charge >= 0.3 is 0 Å². The van der Waals surface area contributed by atoms with Gasteiger partial charge in [-0.2, -0.15) is 0 Å². The lowest BCUT2D eigenvalue weighted by Crippen LogP contribution is -2.52. The van der Waals surface area contributed by atoms with E-state index in [1.165, 1.54) is 24.2 Å². The zero-order valence-electron chi connectivity index (χ0n) is 11.1. The van der Waals surface area contributed by atoms with Gasteiger partial charge in [-0.15, -0.1) is 0 Å². The van der Waals surface area contributed by atoms with E-state index in [4.69, 9.17) is 0 Å². The third-order valence-corrected chi connectivity index (χ3v) is 4.57. The van der Waals surface area contributed by atoms with Crippen LogP contribution in [0.25, 0.3) is 0 Å². The second kappa shape index (κ2) is 4.34. The van der Waals surface area contributed by atoms with Crippen molar-refractivity contribution in [3.63, 3.8) is 0 Å². The molecule has 0 aromatic rings. The van der Waals surface area contributed by atoms with Crippen molar-refractivity contribution in [3.8, 4) is 0 Å². The minimum atomic E-state index is -0.263. The fourth-order valence-corrected chi connectivity index (χ4v) is 3.38. The maximum absolute atomic E-state index is 12.3. The van der Waals surface area contributed by atoms with Crippen molar-refractivity contribution in [2.75, 3.05) is 0 Å². The number of carbonyl (C=O) groups excluding carboxylic acids is 2. The van der Waals surface area contributed by atoms with Crippen molar-refractivity contribution in [1.82, 2.24) is 10.2 Å². The van der Waals surface area contributed by atoms with Crippen molar-refractivity contribution in [2.24, 2.45) is 0 Å². The molecule has 0 spiro atoms. The molecule has 100 valence electrons. The number of hydrogen-bond donors (Lipinski definition) is 1. The highest BCUT2D eigenvalue weighted by atomic mass is 16.2. The molecule has 1 unspecified atom stereocenters. The Morgan fingerprint density at radius 1 is 1.17 bits per heavy atom. The van der Waals surface area contributed by atoms with E-state index in [1.54, 1.807) is 0 Å². The SMILES string of the molecule is CC1(NC2CC(=O)N(C3CC3)C2=O)CCCCC1. The van der Waals surface area contributed by atoms with Crippen LogP contribution in [0.2, 0.25) is 0 Å².